The largest absolute Gasteiger partial charge is 0.493 e. The number of ether oxygens (including phenoxy) is 3. The van der Waals surface area contributed by atoms with E-state index in [9.17, 15) is 8.42 Å². The van der Waals surface area contributed by atoms with Gasteiger partial charge < -0.3 is 14.2 Å². The Morgan fingerprint density at radius 2 is 1.91 bits per heavy atom. The number of aromatic nitrogens is 3. The summed E-state index contributed by atoms with van der Waals surface area (Å²) in [5.74, 6) is 1.39. The van der Waals surface area contributed by atoms with E-state index in [2.05, 4.69) is 14.7 Å². The van der Waals surface area contributed by atoms with Crippen molar-refractivity contribution < 1.29 is 22.6 Å². The number of hydrogen-bond donors (Lipinski definition) is 1. The van der Waals surface area contributed by atoms with Crippen molar-refractivity contribution in [3.8, 4) is 17.4 Å². The number of rotatable bonds is 8. The molecule has 0 atom stereocenters. The maximum absolute atomic E-state index is 13.1. The fraction of sp³-hybridized carbons (Fsp3) is 0.182. The summed E-state index contributed by atoms with van der Waals surface area (Å²) < 4.78 is 47.0. The second-order valence-electron chi connectivity index (χ2n) is 7.02. The second-order valence-corrected chi connectivity index (χ2v) is 9.07. The average molecular weight is 489 g/mol. The SMILES string of the molecule is COc1ccc(COc2c(NS(=O)(=O)c3cccc(Cl)c3C)nc3cnccn23)cc1OC. The molecule has 0 aliphatic heterocycles. The Morgan fingerprint density at radius 1 is 1.12 bits per heavy atom. The number of sulfonamides is 1. The van der Waals surface area contributed by atoms with Gasteiger partial charge in [-0.3, -0.25) is 14.1 Å². The van der Waals surface area contributed by atoms with Crippen molar-refractivity contribution in [2.75, 3.05) is 18.9 Å². The quantitative estimate of drug-likeness (QED) is 0.398. The standard InChI is InChI=1S/C22H21ClN4O5S/c1-14-16(23)5-4-6-19(14)33(28,29)26-21-22(27-10-9-24-12-20(27)25-21)32-13-15-7-8-17(30-2)18(11-15)31-3/h4-12,26H,13H2,1-3H3. The number of benzene rings is 2. The highest BCUT2D eigenvalue weighted by Crippen LogP contribution is 2.32. The topological polar surface area (TPSA) is 104 Å². The molecule has 0 aliphatic carbocycles. The summed E-state index contributed by atoms with van der Waals surface area (Å²) in [6.07, 6.45) is 4.69. The molecule has 4 rings (SSSR count). The number of nitrogens with zero attached hydrogens (tertiary/aromatic N) is 3. The lowest BCUT2D eigenvalue weighted by Crippen LogP contribution is -2.15. The average Bonchev–Trinajstić information content (AvgIpc) is 3.15. The highest BCUT2D eigenvalue weighted by atomic mass is 35.5. The van der Waals surface area contributed by atoms with Crippen LogP contribution in [0.15, 0.2) is 59.9 Å². The molecule has 0 saturated heterocycles. The van der Waals surface area contributed by atoms with Crippen LogP contribution in [0.25, 0.3) is 5.65 Å². The van der Waals surface area contributed by atoms with E-state index >= 15 is 0 Å². The molecule has 0 fully saturated rings. The summed E-state index contributed by atoms with van der Waals surface area (Å²) in [5, 5.41) is 0.349. The molecule has 0 bridgehead atoms. The van der Waals surface area contributed by atoms with Crippen LogP contribution in [-0.2, 0) is 16.6 Å². The van der Waals surface area contributed by atoms with E-state index in [0.29, 0.717) is 27.7 Å². The van der Waals surface area contributed by atoms with Gasteiger partial charge in [-0.05, 0) is 42.3 Å². The molecule has 2 aromatic heterocycles. The summed E-state index contributed by atoms with van der Waals surface area (Å²) >= 11 is 6.12. The molecule has 4 aromatic rings. The lowest BCUT2D eigenvalue weighted by atomic mass is 10.2. The molecule has 11 heteroatoms. The van der Waals surface area contributed by atoms with E-state index in [-0.39, 0.29) is 23.2 Å². The molecular weight excluding hydrogens is 468 g/mol. The van der Waals surface area contributed by atoms with Gasteiger partial charge in [-0.2, -0.15) is 0 Å². The third kappa shape index (κ3) is 4.53. The highest BCUT2D eigenvalue weighted by molar-refractivity contribution is 7.92. The molecule has 9 nitrogen and oxygen atoms in total. The normalized spacial score (nSPS) is 11.4. The van der Waals surface area contributed by atoms with Gasteiger partial charge in [-0.25, -0.2) is 13.4 Å². The Labute approximate surface area is 196 Å². The fourth-order valence-electron chi connectivity index (χ4n) is 3.27. The van der Waals surface area contributed by atoms with Gasteiger partial charge in [0.05, 0.1) is 25.3 Å². The minimum Gasteiger partial charge on any atom is -0.493 e. The van der Waals surface area contributed by atoms with Crippen LogP contribution in [0.2, 0.25) is 5.02 Å². The zero-order valence-corrected chi connectivity index (χ0v) is 19.6. The first-order valence-electron chi connectivity index (χ1n) is 9.77. The minimum atomic E-state index is -3.99. The fourth-order valence-corrected chi connectivity index (χ4v) is 4.77. The molecule has 0 aliphatic rings. The molecule has 0 spiro atoms. The van der Waals surface area contributed by atoms with E-state index in [4.69, 9.17) is 25.8 Å². The van der Waals surface area contributed by atoms with Crippen LogP contribution in [0.3, 0.4) is 0 Å². The predicted octanol–water partition coefficient (Wildman–Crippen LogP) is 4.09. The van der Waals surface area contributed by atoms with Crippen molar-refractivity contribution >= 4 is 33.1 Å². The lowest BCUT2D eigenvalue weighted by molar-refractivity contribution is 0.291. The van der Waals surface area contributed by atoms with Crippen molar-refractivity contribution in [3.05, 3.63) is 71.1 Å². The Bertz CT molecular complexity index is 1420. The van der Waals surface area contributed by atoms with Crippen molar-refractivity contribution in [1.29, 1.82) is 0 Å². The van der Waals surface area contributed by atoms with Gasteiger partial charge in [0.25, 0.3) is 10.0 Å². The van der Waals surface area contributed by atoms with Gasteiger partial charge in [0.2, 0.25) is 11.7 Å². The molecular formula is C22H21ClN4O5S. The summed E-state index contributed by atoms with van der Waals surface area (Å²) in [4.78, 5) is 8.45. The smallest absolute Gasteiger partial charge is 0.263 e. The molecule has 2 aromatic carbocycles. The maximum Gasteiger partial charge on any atom is 0.263 e. The van der Waals surface area contributed by atoms with Gasteiger partial charge in [-0.15, -0.1) is 0 Å². The van der Waals surface area contributed by atoms with E-state index in [1.807, 2.05) is 6.07 Å². The Morgan fingerprint density at radius 3 is 2.67 bits per heavy atom. The molecule has 0 unspecified atom stereocenters. The molecule has 2 heterocycles. The first-order valence-corrected chi connectivity index (χ1v) is 11.6. The van der Waals surface area contributed by atoms with Crippen LogP contribution < -0.4 is 18.9 Å². The van der Waals surface area contributed by atoms with Gasteiger partial charge in [0.15, 0.2) is 17.1 Å². The Hall–Kier alpha value is -3.50. The molecule has 0 saturated carbocycles. The van der Waals surface area contributed by atoms with Gasteiger partial charge >= 0.3 is 0 Å². The number of nitrogens with one attached hydrogen (secondary N) is 1. The van der Waals surface area contributed by atoms with Crippen LogP contribution >= 0.6 is 11.6 Å². The van der Waals surface area contributed by atoms with Crippen LogP contribution in [0.4, 0.5) is 5.82 Å². The number of methoxy groups -OCH3 is 2. The monoisotopic (exact) mass is 488 g/mol. The van der Waals surface area contributed by atoms with Crippen molar-refractivity contribution in [2.45, 2.75) is 18.4 Å². The number of anilines is 1. The first-order chi connectivity index (χ1) is 15.8. The Balaban J connectivity index is 1.69. The zero-order chi connectivity index (χ0) is 23.6. The highest BCUT2D eigenvalue weighted by Gasteiger charge is 2.23. The molecule has 0 amide bonds. The van der Waals surface area contributed by atoms with Crippen molar-refractivity contribution in [3.63, 3.8) is 0 Å². The lowest BCUT2D eigenvalue weighted by Gasteiger charge is -2.13. The third-order valence-corrected chi connectivity index (χ3v) is 6.84. The maximum atomic E-state index is 13.1. The van der Waals surface area contributed by atoms with E-state index < -0.39 is 10.0 Å². The van der Waals surface area contributed by atoms with Gasteiger partial charge in [0.1, 0.15) is 6.61 Å². The summed E-state index contributed by atoms with van der Waals surface area (Å²) in [6, 6.07) is 10.1. The summed E-state index contributed by atoms with van der Waals surface area (Å²) in [6.45, 7) is 1.76. The first kappa shape index (κ1) is 22.7. The van der Waals surface area contributed by atoms with Gasteiger partial charge in [0, 0.05) is 17.4 Å². The number of halogens is 1. The molecule has 0 radical (unpaired) electrons. The third-order valence-electron chi connectivity index (χ3n) is 4.95. The number of imidazole rings is 1. The number of fused-ring (bicyclic) bond motifs is 1. The molecule has 172 valence electrons. The Kier molecular flexibility index (Phi) is 6.30. The predicted molar refractivity (Wildman–Crippen MR) is 124 cm³/mol. The second kappa shape index (κ2) is 9.16. The molecule has 1 N–H and O–H groups in total. The van der Waals surface area contributed by atoms with Gasteiger partial charge in [-0.1, -0.05) is 23.7 Å². The summed E-state index contributed by atoms with van der Waals surface area (Å²) in [5.41, 5.74) is 1.64. The van der Waals surface area contributed by atoms with E-state index in [1.54, 1.807) is 62.2 Å². The van der Waals surface area contributed by atoms with E-state index in [0.717, 1.165) is 5.56 Å². The zero-order valence-electron chi connectivity index (χ0n) is 18.1. The summed E-state index contributed by atoms with van der Waals surface area (Å²) in [7, 11) is -0.884. The van der Waals surface area contributed by atoms with Crippen LogP contribution in [0, 0.1) is 6.92 Å². The van der Waals surface area contributed by atoms with Crippen LogP contribution in [0.5, 0.6) is 17.4 Å². The number of hydrogen-bond acceptors (Lipinski definition) is 7. The minimum absolute atomic E-state index is 0.0304. The molecule has 33 heavy (non-hydrogen) atoms. The van der Waals surface area contributed by atoms with Crippen LogP contribution in [-0.4, -0.2) is 37.0 Å². The van der Waals surface area contributed by atoms with Crippen molar-refractivity contribution in [1.82, 2.24) is 14.4 Å². The van der Waals surface area contributed by atoms with Crippen molar-refractivity contribution in [2.24, 2.45) is 0 Å². The van der Waals surface area contributed by atoms with Crippen LogP contribution in [0.1, 0.15) is 11.1 Å². The van der Waals surface area contributed by atoms with E-state index in [1.165, 1.54) is 12.3 Å².